The van der Waals surface area contributed by atoms with Crippen LogP contribution in [0.2, 0.25) is 0 Å². The Morgan fingerprint density at radius 1 is 0.228 bits per heavy atom. The second-order valence-electron chi connectivity index (χ2n) is 42.1. The molecule has 0 aliphatic heterocycles. The van der Waals surface area contributed by atoms with E-state index in [1.807, 2.05) is 84.9 Å². The monoisotopic (exact) mass is 1990 g/mol. The number of H-pyrrole nitrogens is 8. The molecule has 0 amide bonds. The lowest BCUT2D eigenvalue weighted by Gasteiger charge is -2.10. The van der Waals surface area contributed by atoms with E-state index in [1.54, 1.807) is 36.4 Å². The van der Waals surface area contributed by atoms with E-state index >= 15 is 0 Å². The number of aromatic carboxylic acids is 8. The van der Waals surface area contributed by atoms with Gasteiger partial charge in [0, 0.05) is 69.2 Å². The summed E-state index contributed by atoms with van der Waals surface area (Å²) < 4.78 is 0. The van der Waals surface area contributed by atoms with E-state index in [-0.39, 0.29) is 0 Å². The van der Waals surface area contributed by atoms with Crippen LogP contribution in [0.4, 0.5) is 0 Å². The van der Waals surface area contributed by atoms with Crippen molar-refractivity contribution in [2.24, 2.45) is 41.4 Å². The van der Waals surface area contributed by atoms with Crippen molar-refractivity contribution in [2.75, 3.05) is 0 Å². The van der Waals surface area contributed by atoms with E-state index < -0.39 is 47.8 Å². The Morgan fingerprint density at radius 2 is 0.537 bits per heavy atom. The van der Waals surface area contributed by atoms with Crippen molar-refractivity contribution >= 4 is 47.8 Å². The fourth-order valence-corrected chi connectivity index (χ4v) is 25.2. The average molecular weight is 1990 g/mol. The molecule has 0 unspecified atom stereocenters. The Balaban J connectivity index is 0.000000103. The number of aromatic nitrogens is 8. The SMILES string of the molecule is O=C(O)c1cc2c([nH]1)CC[C@@H]2Cc1ccccc1.O=C(O)c1cc2c([nH]1)C[C@H](CCc1ccccc1)C2.O=C(O)c1cc2c([nH]1)C[C@H](Cc1ccccc1)C2.O=C(O)c1cc2c([nH]1)[C@@H]1[C@H](CCc3ccccc3)[C@@H]1C2.O=C(O)c1cc2c([nH]1)[C@@H]1[C@H](Cc3ccccc3)[C@@H]1C2.O=C(O)c1cc2c([nH]1)[C@H](CCc1ccccc1)CC2.O=C(O)c1cc2c([nH]1)[C@H](Cc1ccccc1)CC2.O=C(O)c1cc2c([nH]1)[C@H]1[C@@H](C2)[C@H]1c1ccccc1. The highest BCUT2D eigenvalue weighted by Gasteiger charge is 2.59. The summed E-state index contributed by atoms with van der Waals surface area (Å²) in [4.78, 5) is 112. The molecule has 24 nitrogen and oxygen atoms in total. The molecule has 8 heterocycles. The number of aryl methyl sites for hydroxylation is 6. The lowest BCUT2D eigenvalue weighted by Crippen LogP contribution is -2.06. The zero-order valence-electron chi connectivity index (χ0n) is 82.9. The third-order valence-electron chi connectivity index (χ3n) is 32.6. The van der Waals surface area contributed by atoms with Crippen molar-refractivity contribution in [2.45, 2.75) is 189 Å². The van der Waals surface area contributed by atoms with Crippen LogP contribution in [0, 0.1) is 41.4 Å². The first-order valence-electron chi connectivity index (χ1n) is 52.3. The van der Waals surface area contributed by atoms with E-state index in [2.05, 4.69) is 210 Å². The number of carboxylic acids is 8. The molecule has 3 fully saturated rings. The van der Waals surface area contributed by atoms with Gasteiger partial charge in [-0.3, -0.25) is 0 Å². The highest BCUT2D eigenvalue weighted by atomic mass is 16.4. The predicted molar refractivity (Wildman–Crippen MR) is 568 cm³/mol. The molecule has 8 aromatic heterocycles. The number of nitrogens with one attached hydrogen (secondary N) is 8. The number of benzene rings is 8. The number of aromatic amines is 8. The molecule has 11 aliphatic rings. The summed E-state index contributed by atoms with van der Waals surface area (Å²) in [6.07, 6.45) is 24.2. The molecule has 0 bridgehead atoms. The smallest absolute Gasteiger partial charge is 0.352 e. The summed E-state index contributed by atoms with van der Waals surface area (Å²) in [5.41, 5.74) is 32.2. The maximum Gasteiger partial charge on any atom is 0.352 e. The molecule has 149 heavy (non-hydrogen) atoms. The summed E-state index contributed by atoms with van der Waals surface area (Å²) in [5.74, 6) is 1.50. The normalized spacial score (nSPS) is 21.1. The van der Waals surface area contributed by atoms with Gasteiger partial charge in [0.05, 0.1) is 0 Å². The van der Waals surface area contributed by atoms with Crippen LogP contribution in [0.3, 0.4) is 0 Å². The first kappa shape index (κ1) is 100. The van der Waals surface area contributed by atoms with Crippen LogP contribution < -0.4 is 0 Å². The summed E-state index contributed by atoms with van der Waals surface area (Å²) in [6.45, 7) is 0. The Labute approximate surface area is 863 Å². The molecule has 16 aromatic rings. The predicted octanol–water partition coefficient (Wildman–Crippen LogP) is 23.9. The number of rotatable bonds is 26. The number of hydrogen-bond acceptors (Lipinski definition) is 8. The van der Waals surface area contributed by atoms with Gasteiger partial charge < -0.3 is 80.7 Å². The summed E-state index contributed by atoms with van der Waals surface area (Å²) >= 11 is 0. The maximum atomic E-state index is 11.0. The van der Waals surface area contributed by atoms with Crippen molar-refractivity contribution in [1.82, 2.24) is 39.9 Å². The van der Waals surface area contributed by atoms with Crippen LogP contribution in [-0.4, -0.2) is 128 Å². The molecular weight excluding hydrogens is 1870 g/mol. The molecule has 0 radical (unpaired) electrons. The minimum absolute atomic E-state index is 0.317. The standard InChI is InChI=1S/C17H17NO2.C16H15NO2.2C16H17NO2.C15H13NO2.3C15H15NO2/c19-17(20)14-9-11-8-13-12(15(13)16(11)18-14)7-6-10-4-2-1-3-5-10;18-16(19)13-8-10-7-12-11(14(12)15(10)17-13)6-9-4-2-1-3-5-9;18-16(19)15-10-13-8-12(9-14(13)17-15)7-6-11-4-2-1-3-5-11;18-16(19)14-10-13-9-8-12(15(13)17-14)7-6-11-4-2-1-3-5-11;17-15(18)11-7-9-6-10-12(13(10)14(9)16-11)8-4-2-1-3-5-8;17-15(18)14-9-12-7-11(8-13(12)16-14)6-10-4-2-1-3-5-10;17-15(18)14-9-12-11(6-7-13(12)16-14)8-10-4-2-1-3-5-10;17-15(18)13-9-12-7-6-11(14(12)16-13)8-10-4-2-1-3-5-10/h1-5,9,12-13,15,18H,6-8H2,(H,19,20);1-5,8,11-12,14,17H,6-7H2,(H,18,19);2*1-5,10,12,17H,6-9H2,(H,18,19);1-5,7,10,12-13,16H,6H2,(H,17,18);3*1-5,9,11,16H,6-8H2,(H,17,18)/t12-,13+,15-;11-,12+,14-;2*12-;10-,12+,13-;3*11-/m11110110/s1. The van der Waals surface area contributed by atoms with Crippen LogP contribution in [-0.2, 0) is 109 Å². The van der Waals surface area contributed by atoms with Crippen LogP contribution in [0.15, 0.2) is 291 Å². The first-order valence-corrected chi connectivity index (χ1v) is 52.3. The van der Waals surface area contributed by atoms with Gasteiger partial charge in [0.1, 0.15) is 45.6 Å². The first-order chi connectivity index (χ1) is 72.4. The lowest BCUT2D eigenvalue weighted by atomic mass is 9.95. The highest BCUT2D eigenvalue weighted by Crippen LogP contribution is 2.67. The molecule has 24 heteroatoms. The van der Waals surface area contributed by atoms with E-state index in [4.69, 9.17) is 40.9 Å². The van der Waals surface area contributed by atoms with Gasteiger partial charge in [-0.2, -0.15) is 0 Å². The molecule has 27 rings (SSSR count). The molecule has 16 N–H and O–H groups in total. The number of carbonyl (C=O) groups is 8. The number of hydrogen-bond donors (Lipinski definition) is 16. The minimum Gasteiger partial charge on any atom is -0.477 e. The second-order valence-corrected chi connectivity index (χ2v) is 42.1. The summed E-state index contributed by atoms with van der Waals surface area (Å²) in [7, 11) is 0. The molecule has 0 spiro atoms. The van der Waals surface area contributed by atoms with Crippen molar-refractivity contribution in [3.05, 3.63) is 471 Å². The maximum absolute atomic E-state index is 11.0. The van der Waals surface area contributed by atoms with Gasteiger partial charge >= 0.3 is 47.8 Å². The van der Waals surface area contributed by atoms with Crippen molar-refractivity contribution < 1.29 is 79.2 Å². The third-order valence-corrected chi connectivity index (χ3v) is 32.6. The molecule has 0 saturated heterocycles. The fraction of sp³-hybridized carbons (Fsp3) is 0.296. The molecule has 14 atom stereocenters. The van der Waals surface area contributed by atoms with Crippen molar-refractivity contribution in [1.29, 1.82) is 0 Å². The van der Waals surface area contributed by atoms with E-state index in [9.17, 15) is 38.4 Å². The Hall–Kier alpha value is -16.2. The quantitative estimate of drug-likeness (QED) is 0.0239. The van der Waals surface area contributed by atoms with Gasteiger partial charge in [-0.05, 0) is 344 Å². The van der Waals surface area contributed by atoms with Gasteiger partial charge in [0.15, 0.2) is 0 Å². The average Bonchev–Trinajstić information content (AvgIpc) is 1.57. The van der Waals surface area contributed by atoms with Gasteiger partial charge in [0.25, 0.3) is 0 Å². The van der Waals surface area contributed by atoms with Crippen molar-refractivity contribution in [3.63, 3.8) is 0 Å². The zero-order chi connectivity index (χ0) is 103. The van der Waals surface area contributed by atoms with Gasteiger partial charge in [-0.1, -0.05) is 243 Å². The third kappa shape index (κ3) is 23.4. The van der Waals surface area contributed by atoms with Gasteiger partial charge in [0.2, 0.25) is 0 Å². The second kappa shape index (κ2) is 44.6. The van der Waals surface area contributed by atoms with E-state index in [1.165, 1.54) is 107 Å². The van der Waals surface area contributed by atoms with Crippen LogP contribution in [0.5, 0.6) is 0 Å². The van der Waals surface area contributed by atoms with E-state index in [0.717, 1.165) is 193 Å². The largest absolute Gasteiger partial charge is 0.477 e. The van der Waals surface area contributed by atoms with Gasteiger partial charge in [-0.15, -0.1) is 0 Å². The fourth-order valence-electron chi connectivity index (χ4n) is 25.2. The molecule has 3 saturated carbocycles. The molecule has 8 aromatic carbocycles. The molecular formula is C125H124N8O16. The summed E-state index contributed by atoms with van der Waals surface area (Å²) in [6, 6.07) is 98.1. The van der Waals surface area contributed by atoms with E-state index in [0.29, 0.717) is 111 Å². The topological polar surface area (TPSA) is 425 Å². The van der Waals surface area contributed by atoms with Crippen LogP contribution in [0.25, 0.3) is 0 Å². The molecule has 760 valence electrons. The Kier molecular flexibility index (Phi) is 30.0. The number of carboxylic acid groups (broad SMARTS) is 8. The minimum atomic E-state index is -0.872. The van der Waals surface area contributed by atoms with Crippen LogP contribution in [0.1, 0.15) is 298 Å². The zero-order valence-corrected chi connectivity index (χ0v) is 82.9. The Morgan fingerprint density at radius 3 is 0.980 bits per heavy atom. The van der Waals surface area contributed by atoms with Crippen LogP contribution >= 0.6 is 0 Å². The molecule has 11 aliphatic carbocycles. The summed E-state index contributed by atoms with van der Waals surface area (Å²) in [5, 5.41) is 71.9. The highest BCUT2D eigenvalue weighted by molar-refractivity contribution is 5.90. The number of fused-ring (bicyclic) bond motifs is 14. The van der Waals surface area contributed by atoms with Crippen molar-refractivity contribution in [3.8, 4) is 0 Å². The Bertz CT molecular complexity index is 7190. The lowest BCUT2D eigenvalue weighted by molar-refractivity contribution is 0.0680. The van der Waals surface area contributed by atoms with Gasteiger partial charge in [-0.25, -0.2) is 38.4 Å².